The zero-order chi connectivity index (χ0) is 12.5. The van der Waals surface area contributed by atoms with Gasteiger partial charge < -0.3 is 5.32 Å². The van der Waals surface area contributed by atoms with Crippen molar-refractivity contribution < 1.29 is 0 Å². The van der Waals surface area contributed by atoms with Gasteiger partial charge in [0.15, 0.2) is 0 Å². The Kier molecular flexibility index (Phi) is 3.72. The van der Waals surface area contributed by atoms with Crippen LogP contribution in [-0.2, 0) is 20.0 Å². The smallest absolute Gasteiger partial charge is 0.0659 e. The standard InChI is InChI=1S/C13H16IN3S/c1-17-8-9(7-16-17)6-15-11-3-2-4-12-10(11)5-13(14)18-12/h5,7-8,11,15H,2-4,6H2,1H3. The first-order valence-corrected chi connectivity index (χ1v) is 8.11. The summed E-state index contributed by atoms with van der Waals surface area (Å²) in [7, 11) is 1.96. The second kappa shape index (κ2) is 5.30. The van der Waals surface area contributed by atoms with Crippen molar-refractivity contribution in [3.05, 3.63) is 37.3 Å². The van der Waals surface area contributed by atoms with Crippen LogP contribution in [0.25, 0.3) is 0 Å². The van der Waals surface area contributed by atoms with E-state index in [1.54, 1.807) is 4.88 Å². The maximum absolute atomic E-state index is 4.21. The maximum Gasteiger partial charge on any atom is 0.0659 e. The molecule has 1 unspecified atom stereocenters. The highest BCUT2D eigenvalue weighted by Gasteiger charge is 2.22. The van der Waals surface area contributed by atoms with E-state index < -0.39 is 0 Å². The third kappa shape index (κ3) is 2.62. The Balaban J connectivity index is 1.70. The van der Waals surface area contributed by atoms with Crippen molar-refractivity contribution >= 4 is 33.9 Å². The summed E-state index contributed by atoms with van der Waals surface area (Å²) in [4.78, 5) is 1.58. The molecule has 1 N–H and O–H groups in total. The Bertz CT molecular complexity index is 546. The largest absolute Gasteiger partial charge is 0.306 e. The van der Waals surface area contributed by atoms with Crippen LogP contribution in [0, 0.1) is 2.88 Å². The first-order chi connectivity index (χ1) is 8.72. The van der Waals surface area contributed by atoms with Crippen molar-refractivity contribution in [3.8, 4) is 0 Å². The molecule has 0 saturated carbocycles. The van der Waals surface area contributed by atoms with Gasteiger partial charge in [0, 0.05) is 36.3 Å². The van der Waals surface area contributed by atoms with E-state index in [1.807, 2.05) is 29.3 Å². The van der Waals surface area contributed by atoms with Gasteiger partial charge in [-0.05, 0) is 53.5 Å². The van der Waals surface area contributed by atoms with Crippen LogP contribution in [0.15, 0.2) is 18.5 Å². The number of halogens is 1. The number of hydrogen-bond donors (Lipinski definition) is 1. The SMILES string of the molecule is Cn1cc(CNC2CCCc3sc(I)cc32)cn1. The molecule has 96 valence electrons. The molecule has 0 spiro atoms. The molecule has 0 amide bonds. The van der Waals surface area contributed by atoms with Gasteiger partial charge in [0.25, 0.3) is 0 Å². The zero-order valence-electron chi connectivity index (χ0n) is 10.3. The van der Waals surface area contributed by atoms with Crippen molar-refractivity contribution in [2.45, 2.75) is 31.8 Å². The summed E-state index contributed by atoms with van der Waals surface area (Å²) in [6.45, 7) is 0.907. The van der Waals surface area contributed by atoms with E-state index in [9.17, 15) is 0 Å². The summed E-state index contributed by atoms with van der Waals surface area (Å²) in [5.41, 5.74) is 2.79. The van der Waals surface area contributed by atoms with E-state index >= 15 is 0 Å². The average molecular weight is 373 g/mol. The number of hydrogen-bond acceptors (Lipinski definition) is 3. The van der Waals surface area contributed by atoms with E-state index in [0.717, 1.165) is 6.54 Å². The Morgan fingerprint density at radius 1 is 1.61 bits per heavy atom. The molecule has 2 aromatic heterocycles. The number of fused-ring (bicyclic) bond motifs is 1. The van der Waals surface area contributed by atoms with Gasteiger partial charge in [-0.3, -0.25) is 4.68 Å². The van der Waals surface area contributed by atoms with E-state index in [1.165, 1.54) is 33.3 Å². The molecule has 0 saturated heterocycles. The van der Waals surface area contributed by atoms with E-state index in [4.69, 9.17) is 0 Å². The molecule has 5 heteroatoms. The molecule has 0 aliphatic heterocycles. The fraction of sp³-hybridized carbons (Fsp3) is 0.462. The van der Waals surface area contributed by atoms with Crippen molar-refractivity contribution in [2.24, 2.45) is 7.05 Å². The van der Waals surface area contributed by atoms with E-state index in [-0.39, 0.29) is 0 Å². The normalized spacial score (nSPS) is 18.9. The molecule has 3 rings (SSSR count). The summed E-state index contributed by atoms with van der Waals surface area (Å²) >= 11 is 4.38. The van der Waals surface area contributed by atoms with Gasteiger partial charge in [-0.2, -0.15) is 5.10 Å². The van der Waals surface area contributed by atoms with E-state index in [0.29, 0.717) is 6.04 Å². The monoisotopic (exact) mass is 373 g/mol. The highest BCUT2D eigenvalue weighted by molar-refractivity contribution is 14.1. The van der Waals surface area contributed by atoms with Crippen molar-refractivity contribution in [3.63, 3.8) is 0 Å². The number of nitrogens with zero attached hydrogens (tertiary/aromatic N) is 2. The molecule has 0 bridgehead atoms. The van der Waals surface area contributed by atoms with Gasteiger partial charge in [0.05, 0.1) is 9.08 Å². The van der Waals surface area contributed by atoms with Crippen LogP contribution in [-0.4, -0.2) is 9.78 Å². The molecule has 3 nitrogen and oxygen atoms in total. The molecular formula is C13H16IN3S. The third-order valence-electron chi connectivity index (χ3n) is 3.39. The fourth-order valence-corrected chi connectivity index (χ4v) is 4.66. The van der Waals surface area contributed by atoms with Crippen molar-refractivity contribution in [1.82, 2.24) is 15.1 Å². The minimum absolute atomic E-state index is 0.522. The second-order valence-electron chi connectivity index (χ2n) is 4.78. The summed E-state index contributed by atoms with van der Waals surface area (Å²) in [5, 5.41) is 7.88. The van der Waals surface area contributed by atoms with Gasteiger partial charge >= 0.3 is 0 Å². The van der Waals surface area contributed by atoms with E-state index in [2.05, 4.69) is 45.3 Å². The lowest BCUT2D eigenvalue weighted by Crippen LogP contribution is -2.23. The van der Waals surface area contributed by atoms with Crippen LogP contribution in [0.1, 0.15) is 34.9 Å². The van der Waals surface area contributed by atoms with Gasteiger partial charge in [-0.1, -0.05) is 0 Å². The molecule has 0 radical (unpaired) electrons. The van der Waals surface area contributed by atoms with Gasteiger partial charge in [-0.15, -0.1) is 11.3 Å². The summed E-state index contributed by atoms with van der Waals surface area (Å²) in [6, 6.07) is 2.87. The number of aromatic nitrogens is 2. The fourth-order valence-electron chi connectivity index (χ4n) is 2.54. The lowest BCUT2D eigenvalue weighted by molar-refractivity contribution is 0.463. The third-order valence-corrected chi connectivity index (χ3v) is 5.37. The number of nitrogens with one attached hydrogen (secondary N) is 1. The lowest BCUT2D eigenvalue weighted by Gasteiger charge is -2.23. The minimum atomic E-state index is 0.522. The predicted octanol–water partition coefficient (Wildman–Crippen LogP) is 3.25. The van der Waals surface area contributed by atoms with Crippen LogP contribution in [0.4, 0.5) is 0 Å². The minimum Gasteiger partial charge on any atom is -0.306 e. The second-order valence-corrected chi connectivity index (χ2v) is 7.81. The molecular weight excluding hydrogens is 357 g/mol. The van der Waals surface area contributed by atoms with Crippen molar-refractivity contribution in [2.75, 3.05) is 0 Å². The zero-order valence-corrected chi connectivity index (χ0v) is 13.3. The topological polar surface area (TPSA) is 29.9 Å². The molecule has 18 heavy (non-hydrogen) atoms. The Hall–Kier alpha value is -0.400. The molecule has 2 aromatic rings. The van der Waals surface area contributed by atoms with Crippen molar-refractivity contribution in [1.29, 1.82) is 0 Å². The highest BCUT2D eigenvalue weighted by Crippen LogP contribution is 2.36. The Morgan fingerprint density at radius 3 is 3.28 bits per heavy atom. The van der Waals surface area contributed by atoms with Gasteiger partial charge in [-0.25, -0.2) is 0 Å². The highest BCUT2D eigenvalue weighted by atomic mass is 127. The van der Waals surface area contributed by atoms with Crippen LogP contribution in [0.5, 0.6) is 0 Å². The van der Waals surface area contributed by atoms with Crippen LogP contribution >= 0.6 is 33.9 Å². The first-order valence-electron chi connectivity index (χ1n) is 6.21. The van der Waals surface area contributed by atoms with Crippen LogP contribution in [0.3, 0.4) is 0 Å². The summed E-state index contributed by atoms with van der Waals surface area (Å²) < 4.78 is 3.27. The Labute approximate surface area is 125 Å². The lowest BCUT2D eigenvalue weighted by atomic mass is 9.94. The first kappa shape index (κ1) is 12.6. The quantitative estimate of drug-likeness (QED) is 0.838. The van der Waals surface area contributed by atoms with Crippen LogP contribution in [0.2, 0.25) is 0 Å². The van der Waals surface area contributed by atoms with Gasteiger partial charge in [0.2, 0.25) is 0 Å². The number of rotatable bonds is 3. The van der Waals surface area contributed by atoms with Crippen LogP contribution < -0.4 is 5.32 Å². The molecule has 1 aliphatic carbocycles. The molecule has 2 heterocycles. The summed E-state index contributed by atoms with van der Waals surface area (Å²) in [6.07, 6.45) is 7.82. The molecule has 0 fully saturated rings. The van der Waals surface area contributed by atoms with Gasteiger partial charge in [0.1, 0.15) is 0 Å². The number of aryl methyl sites for hydroxylation is 2. The molecule has 1 aliphatic rings. The molecule has 0 aromatic carbocycles. The summed E-state index contributed by atoms with van der Waals surface area (Å²) in [5.74, 6) is 0. The Morgan fingerprint density at radius 2 is 2.50 bits per heavy atom. The maximum atomic E-state index is 4.21. The predicted molar refractivity (Wildman–Crippen MR) is 82.8 cm³/mol. The molecule has 1 atom stereocenters. The number of thiophene rings is 1. The average Bonchev–Trinajstić information content (AvgIpc) is 2.91.